The highest BCUT2D eigenvalue weighted by atomic mass is 32.1. The van der Waals surface area contributed by atoms with E-state index in [-0.39, 0.29) is 27.9 Å². The van der Waals surface area contributed by atoms with Crippen molar-refractivity contribution in [3.8, 4) is 5.75 Å². The third-order valence-corrected chi connectivity index (χ3v) is 6.75. The number of carbonyl (C=O) groups is 3. The lowest BCUT2D eigenvalue weighted by molar-refractivity contribution is -0.132. The molecule has 1 aromatic heterocycles. The highest BCUT2D eigenvalue weighted by molar-refractivity contribution is 7.17. The lowest BCUT2D eigenvalue weighted by Crippen LogP contribution is -2.29. The van der Waals surface area contributed by atoms with Crippen molar-refractivity contribution in [2.45, 2.75) is 33.2 Å². The first-order chi connectivity index (χ1) is 17.4. The highest BCUT2D eigenvalue weighted by Gasteiger charge is 2.48. The molecule has 0 radical (unpaired) electrons. The summed E-state index contributed by atoms with van der Waals surface area (Å²) in [5, 5.41) is 11.4. The molecule has 1 aliphatic rings. The number of hydrogen-bond donors (Lipinski definition) is 1. The van der Waals surface area contributed by atoms with Crippen LogP contribution in [0, 0.1) is 6.92 Å². The predicted molar refractivity (Wildman–Crippen MR) is 136 cm³/mol. The van der Waals surface area contributed by atoms with E-state index in [4.69, 9.17) is 9.47 Å². The summed E-state index contributed by atoms with van der Waals surface area (Å²) in [6.45, 7) is 6.10. The van der Waals surface area contributed by atoms with Crippen LogP contribution >= 0.6 is 11.3 Å². The number of aromatic nitrogens is 1. The van der Waals surface area contributed by atoms with Crippen LogP contribution in [0.15, 0.2) is 60.2 Å². The van der Waals surface area contributed by atoms with Gasteiger partial charge in [-0.3, -0.25) is 14.5 Å². The molecule has 3 aromatic rings. The fourth-order valence-electron chi connectivity index (χ4n) is 3.94. The van der Waals surface area contributed by atoms with Gasteiger partial charge in [-0.25, -0.2) is 9.78 Å². The molecule has 0 unspecified atom stereocenters. The van der Waals surface area contributed by atoms with E-state index in [0.29, 0.717) is 29.2 Å². The van der Waals surface area contributed by atoms with E-state index in [9.17, 15) is 19.5 Å². The summed E-state index contributed by atoms with van der Waals surface area (Å²) in [7, 11) is 0. The number of amides is 1. The van der Waals surface area contributed by atoms with Crippen molar-refractivity contribution in [2.75, 3.05) is 18.1 Å². The lowest BCUT2D eigenvalue weighted by Gasteiger charge is -2.23. The fourth-order valence-corrected chi connectivity index (χ4v) is 4.92. The van der Waals surface area contributed by atoms with E-state index in [2.05, 4.69) is 4.98 Å². The van der Waals surface area contributed by atoms with Gasteiger partial charge in [-0.05, 0) is 50.1 Å². The SMILES string of the molecule is CCCOc1ccc(C(O)=C2C(=O)C(=O)N(c3nc(C)c(C(=O)OCC)s3)[C@H]2c2ccccc2)cc1. The minimum absolute atomic E-state index is 0.0565. The molecular weight excluding hydrogens is 480 g/mol. The van der Waals surface area contributed by atoms with Crippen molar-refractivity contribution in [3.63, 3.8) is 0 Å². The number of Topliss-reactive ketones (excluding diaryl/α,β-unsaturated/α-hetero) is 1. The number of carbonyl (C=O) groups excluding carboxylic acids is 3. The van der Waals surface area contributed by atoms with Crippen molar-refractivity contribution in [3.05, 3.63) is 81.9 Å². The fraction of sp³-hybridized carbons (Fsp3) is 0.259. The van der Waals surface area contributed by atoms with Gasteiger partial charge in [-0.15, -0.1) is 0 Å². The number of benzene rings is 2. The van der Waals surface area contributed by atoms with Gasteiger partial charge >= 0.3 is 11.9 Å². The summed E-state index contributed by atoms with van der Waals surface area (Å²) in [6.07, 6.45) is 0.858. The Morgan fingerprint density at radius 1 is 1.08 bits per heavy atom. The Labute approximate surface area is 212 Å². The topological polar surface area (TPSA) is 106 Å². The minimum atomic E-state index is -0.928. The Kier molecular flexibility index (Phi) is 7.49. The van der Waals surface area contributed by atoms with Gasteiger partial charge in [0.05, 0.1) is 30.5 Å². The summed E-state index contributed by atoms with van der Waals surface area (Å²) >= 11 is 0.975. The standard InChI is InChI=1S/C27H26N2O6S/c1-4-15-35-19-13-11-18(12-14-19)22(30)20-21(17-9-7-6-8-10-17)29(25(32)23(20)31)27-28-16(3)24(36-27)26(33)34-5-2/h6-14,21,30H,4-5,15H2,1-3H3/t21-/m0/s1. The van der Waals surface area contributed by atoms with Crippen molar-refractivity contribution >= 4 is 39.9 Å². The van der Waals surface area contributed by atoms with Crippen molar-refractivity contribution in [1.82, 2.24) is 4.98 Å². The van der Waals surface area contributed by atoms with E-state index < -0.39 is 23.7 Å². The van der Waals surface area contributed by atoms with Gasteiger partial charge < -0.3 is 14.6 Å². The Hall–Kier alpha value is -3.98. The molecule has 36 heavy (non-hydrogen) atoms. The molecular formula is C27H26N2O6S. The van der Waals surface area contributed by atoms with Crippen LogP contribution < -0.4 is 9.64 Å². The molecule has 9 heteroatoms. The quantitative estimate of drug-likeness (QED) is 0.197. The summed E-state index contributed by atoms with van der Waals surface area (Å²) in [5.74, 6) is -1.88. The molecule has 0 aliphatic carbocycles. The molecule has 0 spiro atoms. The number of aliphatic hydroxyl groups excluding tert-OH is 1. The van der Waals surface area contributed by atoms with Crippen LogP contribution in [0.1, 0.15) is 52.8 Å². The van der Waals surface area contributed by atoms with Gasteiger partial charge in [0.15, 0.2) is 5.13 Å². The van der Waals surface area contributed by atoms with Crippen LogP contribution in [0.4, 0.5) is 5.13 Å². The van der Waals surface area contributed by atoms with E-state index in [1.165, 1.54) is 4.90 Å². The van der Waals surface area contributed by atoms with Gasteiger partial charge in [0, 0.05) is 5.56 Å². The average Bonchev–Trinajstić information content (AvgIpc) is 3.40. The maximum absolute atomic E-state index is 13.3. The number of nitrogens with zero attached hydrogens (tertiary/aromatic N) is 2. The predicted octanol–water partition coefficient (Wildman–Crippen LogP) is 5.04. The number of ketones is 1. The first-order valence-electron chi connectivity index (χ1n) is 11.6. The third-order valence-electron chi connectivity index (χ3n) is 5.61. The molecule has 1 N–H and O–H groups in total. The van der Waals surface area contributed by atoms with Gasteiger partial charge in [-0.1, -0.05) is 48.6 Å². The zero-order valence-corrected chi connectivity index (χ0v) is 21.0. The second-order valence-electron chi connectivity index (χ2n) is 8.08. The number of anilines is 1. The molecule has 1 fully saturated rings. The molecule has 186 valence electrons. The normalized spacial score (nSPS) is 16.9. The summed E-state index contributed by atoms with van der Waals surface area (Å²) in [6, 6.07) is 14.7. The molecule has 1 saturated heterocycles. The summed E-state index contributed by atoms with van der Waals surface area (Å²) in [5.41, 5.74) is 1.33. The average molecular weight is 507 g/mol. The largest absolute Gasteiger partial charge is 0.507 e. The van der Waals surface area contributed by atoms with Crippen LogP contribution in [-0.2, 0) is 14.3 Å². The maximum atomic E-state index is 13.3. The van der Waals surface area contributed by atoms with Gasteiger partial charge in [-0.2, -0.15) is 0 Å². The smallest absolute Gasteiger partial charge is 0.350 e. The van der Waals surface area contributed by atoms with Crippen molar-refractivity contribution in [2.24, 2.45) is 0 Å². The van der Waals surface area contributed by atoms with E-state index in [1.807, 2.05) is 13.0 Å². The summed E-state index contributed by atoms with van der Waals surface area (Å²) in [4.78, 5) is 44.8. The molecule has 4 rings (SSSR count). The number of aliphatic hydroxyl groups is 1. The van der Waals surface area contributed by atoms with E-state index in [1.54, 1.807) is 62.4 Å². The number of thiazole rings is 1. The van der Waals surface area contributed by atoms with Crippen molar-refractivity contribution < 1.29 is 29.0 Å². The zero-order chi connectivity index (χ0) is 25.8. The third kappa shape index (κ3) is 4.74. The van der Waals surface area contributed by atoms with E-state index in [0.717, 1.165) is 17.8 Å². The molecule has 2 aromatic carbocycles. The number of aryl methyl sites for hydroxylation is 1. The number of rotatable bonds is 8. The van der Waals surface area contributed by atoms with Crippen LogP contribution in [0.2, 0.25) is 0 Å². The minimum Gasteiger partial charge on any atom is -0.507 e. The molecule has 0 bridgehead atoms. The summed E-state index contributed by atoms with van der Waals surface area (Å²) < 4.78 is 10.7. The van der Waals surface area contributed by atoms with Gasteiger partial charge in [0.2, 0.25) is 0 Å². The van der Waals surface area contributed by atoms with Crippen LogP contribution in [0.5, 0.6) is 5.75 Å². The second kappa shape index (κ2) is 10.7. The van der Waals surface area contributed by atoms with Crippen LogP contribution in [0.3, 0.4) is 0 Å². The van der Waals surface area contributed by atoms with Crippen LogP contribution in [0.25, 0.3) is 5.76 Å². The van der Waals surface area contributed by atoms with Crippen molar-refractivity contribution in [1.29, 1.82) is 0 Å². The molecule has 0 saturated carbocycles. The van der Waals surface area contributed by atoms with Gasteiger partial charge in [0.1, 0.15) is 16.4 Å². The number of esters is 1. The Bertz CT molecular complexity index is 1310. The number of ether oxygens (including phenoxy) is 2. The van der Waals surface area contributed by atoms with Gasteiger partial charge in [0.25, 0.3) is 5.78 Å². The molecule has 1 amide bonds. The molecule has 1 atom stereocenters. The highest BCUT2D eigenvalue weighted by Crippen LogP contribution is 2.44. The monoisotopic (exact) mass is 506 g/mol. The second-order valence-corrected chi connectivity index (χ2v) is 9.06. The molecule has 8 nitrogen and oxygen atoms in total. The first-order valence-corrected chi connectivity index (χ1v) is 12.4. The lowest BCUT2D eigenvalue weighted by atomic mass is 9.95. The number of hydrogen-bond acceptors (Lipinski definition) is 8. The first kappa shape index (κ1) is 25.1. The maximum Gasteiger partial charge on any atom is 0.350 e. The molecule has 1 aliphatic heterocycles. The Morgan fingerprint density at radius 3 is 2.42 bits per heavy atom. The Balaban J connectivity index is 1.82. The Morgan fingerprint density at radius 2 is 1.78 bits per heavy atom. The van der Waals surface area contributed by atoms with Crippen LogP contribution in [-0.4, -0.2) is 41.0 Å². The molecule has 2 heterocycles. The van der Waals surface area contributed by atoms with E-state index >= 15 is 0 Å². The zero-order valence-electron chi connectivity index (χ0n) is 20.2.